The molecule has 2 aromatic carbocycles. The van der Waals surface area contributed by atoms with Gasteiger partial charge < -0.3 is 20.7 Å². The van der Waals surface area contributed by atoms with E-state index < -0.39 is 12.1 Å². The predicted molar refractivity (Wildman–Crippen MR) is 130 cm³/mol. The van der Waals surface area contributed by atoms with Gasteiger partial charge in [0, 0.05) is 23.8 Å². The van der Waals surface area contributed by atoms with Gasteiger partial charge in [0.1, 0.15) is 6.04 Å². The summed E-state index contributed by atoms with van der Waals surface area (Å²) in [5, 5.41) is 5.54. The molecule has 0 saturated heterocycles. The van der Waals surface area contributed by atoms with Crippen molar-refractivity contribution in [2.75, 3.05) is 30.8 Å². The molecule has 8 nitrogen and oxygen atoms in total. The quantitative estimate of drug-likeness (QED) is 0.624. The monoisotopic (exact) mass is 464 g/mol. The van der Waals surface area contributed by atoms with Gasteiger partial charge in [-0.1, -0.05) is 24.3 Å². The van der Waals surface area contributed by atoms with Gasteiger partial charge in [-0.05, 0) is 80.0 Å². The number of amides is 3. The van der Waals surface area contributed by atoms with Gasteiger partial charge >= 0.3 is 6.09 Å². The Labute approximate surface area is 199 Å². The van der Waals surface area contributed by atoms with E-state index in [1.807, 2.05) is 24.3 Å². The Morgan fingerprint density at radius 3 is 2.26 bits per heavy atom. The van der Waals surface area contributed by atoms with Crippen molar-refractivity contribution in [3.05, 3.63) is 59.7 Å². The van der Waals surface area contributed by atoms with Crippen LogP contribution in [0.15, 0.2) is 48.5 Å². The molecule has 2 aromatic rings. The van der Waals surface area contributed by atoms with E-state index in [-0.39, 0.29) is 17.7 Å². The predicted octanol–water partition coefficient (Wildman–Crippen LogP) is 3.69. The molecule has 1 saturated carbocycles. The van der Waals surface area contributed by atoms with Crippen LogP contribution in [-0.2, 0) is 20.7 Å². The maximum Gasteiger partial charge on any atom is 0.411 e. The van der Waals surface area contributed by atoms with E-state index in [4.69, 9.17) is 5.73 Å². The van der Waals surface area contributed by atoms with Gasteiger partial charge in [-0.15, -0.1) is 0 Å². The first-order valence-electron chi connectivity index (χ1n) is 11.8. The lowest BCUT2D eigenvalue weighted by molar-refractivity contribution is -0.144. The summed E-state index contributed by atoms with van der Waals surface area (Å²) < 4.78 is 4.59. The van der Waals surface area contributed by atoms with Crippen molar-refractivity contribution >= 4 is 29.3 Å². The van der Waals surface area contributed by atoms with E-state index in [0.29, 0.717) is 30.4 Å². The van der Waals surface area contributed by atoms with E-state index in [2.05, 4.69) is 15.4 Å². The molecule has 4 rings (SSSR count). The molecule has 1 heterocycles. The van der Waals surface area contributed by atoms with Crippen molar-refractivity contribution in [3.63, 3.8) is 0 Å². The minimum absolute atomic E-state index is 0.0581. The second-order valence-corrected chi connectivity index (χ2v) is 9.02. The van der Waals surface area contributed by atoms with E-state index in [0.717, 1.165) is 43.2 Å². The zero-order valence-corrected chi connectivity index (χ0v) is 19.5. The summed E-state index contributed by atoms with van der Waals surface area (Å²) in [5.74, 6) is 0.237. The molecule has 3 amide bonds. The Kier molecular flexibility index (Phi) is 7.47. The molecule has 1 aliphatic carbocycles. The van der Waals surface area contributed by atoms with E-state index in [9.17, 15) is 14.4 Å². The SMILES string of the molecule is COC(=O)Nc1ccc(NC(=O)C2c3ccccc3CCN2C(=O)[C@H]2CC[C@H](CN)CC2)cc1. The average Bonchev–Trinajstić information content (AvgIpc) is 2.88. The standard InChI is InChI=1S/C26H32N4O4/c1-34-26(33)29-21-12-10-20(11-13-21)28-24(31)23-22-5-3-2-4-18(22)14-15-30(23)25(32)19-8-6-17(16-27)7-9-19/h2-5,10-13,17,19,23H,6-9,14-16,27H2,1H3,(H,28,31)(H,29,33)/t17-,19-,23?. The van der Waals surface area contributed by atoms with Gasteiger partial charge in [0.25, 0.3) is 5.91 Å². The van der Waals surface area contributed by atoms with Crippen LogP contribution < -0.4 is 16.4 Å². The molecular formula is C26H32N4O4. The number of nitrogens with zero attached hydrogens (tertiary/aromatic N) is 1. The minimum atomic E-state index is -0.683. The Bertz CT molecular complexity index is 1030. The fourth-order valence-electron chi connectivity index (χ4n) is 4.98. The number of ether oxygens (including phenoxy) is 1. The number of anilines is 2. The molecule has 1 atom stereocenters. The van der Waals surface area contributed by atoms with Crippen LogP contribution in [0, 0.1) is 11.8 Å². The Morgan fingerprint density at radius 1 is 0.971 bits per heavy atom. The summed E-state index contributed by atoms with van der Waals surface area (Å²) in [6, 6.07) is 13.9. The number of benzene rings is 2. The van der Waals surface area contributed by atoms with Crippen molar-refractivity contribution in [1.82, 2.24) is 4.90 Å². The summed E-state index contributed by atoms with van der Waals surface area (Å²) in [5.41, 5.74) is 8.92. The number of hydrogen-bond acceptors (Lipinski definition) is 5. The molecule has 2 aliphatic rings. The lowest BCUT2D eigenvalue weighted by atomic mass is 9.80. The van der Waals surface area contributed by atoms with Crippen molar-refractivity contribution in [2.45, 2.75) is 38.1 Å². The van der Waals surface area contributed by atoms with Crippen molar-refractivity contribution in [2.24, 2.45) is 17.6 Å². The second-order valence-electron chi connectivity index (χ2n) is 9.02. The molecule has 0 spiro atoms. The first kappa shape index (κ1) is 23.8. The number of rotatable bonds is 5. The first-order valence-corrected chi connectivity index (χ1v) is 11.8. The number of methoxy groups -OCH3 is 1. The number of carbonyl (C=O) groups excluding carboxylic acids is 3. The first-order chi connectivity index (χ1) is 16.5. The second kappa shape index (κ2) is 10.7. The average molecular weight is 465 g/mol. The van der Waals surface area contributed by atoms with E-state index >= 15 is 0 Å². The summed E-state index contributed by atoms with van der Waals surface area (Å²) in [7, 11) is 1.29. The van der Waals surface area contributed by atoms with Crippen molar-refractivity contribution in [3.8, 4) is 0 Å². The maximum absolute atomic E-state index is 13.6. The molecule has 34 heavy (non-hydrogen) atoms. The van der Waals surface area contributed by atoms with Crippen LogP contribution in [-0.4, -0.2) is 43.0 Å². The van der Waals surface area contributed by atoms with Crippen molar-refractivity contribution < 1.29 is 19.1 Å². The number of nitrogens with two attached hydrogens (primary N) is 1. The summed E-state index contributed by atoms with van der Waals surface area (Å²) in [6.07, 6.45) is 3.73. The van der Waals surface area contributed by atoms with Crippen LogP contribution in [0.25, 0.3) is 0 Å². The van der Waals surface area contributed by atoms with Gasteiger partial charge in [-0.3, -0.25) is 14.9 Å². The highest BCUT2D eigenvalue weighted by molar-refractivity contribution is 5.99. The largest absolute Gasteiger partial charge is 0.453 e. The zero-order valence-electron chi connectivity index (χ0n) is 19.5. The molecule has 1 unspecified atom stereocenters. The smallest absolute Gasteiger partial charge is 0.411 e. The number of fused-ring (bicyclic) bond motifs is 1. The Hall–Kier alpha value is -3.39. The van der Waals surface area contributed by atoms with Crippen LogP contribution >= 0.6 is 0 Å². The summed E-state index contributed by atoms with van der Waals surface area (Å²) in [6.45, 7) is 1.18. The lowest BCUT2D eigenvalue weighted by Crippen LogP contribution is -2.48. The number of hydrogen-bond donors (Lipinski definition) is 3. The maximum atomic E-state index is 13.6. The summed E-state index contributed by atoms with van der Waals surface area (Å²) >= 11 is 0. The van der Waals surface area contributed by atoms with E-state index in [1.54, 1.807) is 29.2 Å². The minimum Gasteiger partial charge on any atom is -0.453 e. The molecule has 0 radical (unpaired) electrons. The fourth-order valence-corrected chi connectivity index (χ4v) is 4.98. The highest BCUT2D eigenvalue weighted by atomic mass is 16.5. The zero-order chi connectivity index (χ0) is 24.1. The molecule has 4 N–H and O–H groups in total. The number of carbonyl (C=O) groups is 3. The normalized spacial score (nSPS) is 21.8. The lowest BCUT2D eigenvalue weighted by Gasteiger charge is -2.39. The van der Waals surface area contributed by atoms with E-state index in [1.165, 1.54) is 7.11 Å². The fraction of sp³-hybridized carbons (Fsp3) is 0.423. The highest BCUT2D eigenvalue weighted by Gasteiger charge is 2.39. The third-order valence-corrected chi connectivity index (χ3v) is 6.93. The van der Waals surface area contributed by atoms with Gasteiger partial charge in [-0.2, -0.15) is 0 Å². The topological polar surface area (TPSA) is 114 Å². The van der Waals surface area contributed by atoms with Gasteiger partial charge in [0.2, 0.25) is 5.91 Å². The van der Waals surface area contributed by atoms with Crippen LogP contribution in [0.3, 0.4) is 0 Å². The third kappa shape index (κ3) is 5.22. The number of nitrogens with one attached hydrogen (secondary N) is 2. The highest BCUT2D eigenvalue weighted by Crippen LogP contribution is 2.36. The Morgan fingerprint density at radius 2 is 1.62 bits per heavy atom. The summed E-state index contributed by atoms with van der Waals surface area (Å²) in [4.78, 5) is 40.2. The van der Waals surface area contributed by atoms with Gasteiger partial charge in [0.05, 0.1) is 7.11 Å². The van der Waals surface area contributed by atoms with Gasteiger partial charge in [0.15, 0.2) is 0 Å². The molecule has 0 aromatic heterocycles. The molecule has 0 bridgehead atoms. The molecule has 8 heteroatoms. The molecule has 180 valence electrons. The molecule has 1 fully saturated rings. The van der Waals surface area contributed by atoms with Crippen LogP contribution in [0.4, 0.5) is 16.2 Å². The van der Waals surface area contributed by atoms with Crippen LogP contribution in [0.1, 0.15) is 42.9 Å². The van der Waals surface area contributed by atoms with Crippen molar-refractivity contribution in [1.29, 1.82) is 0 Å². The molecular weight excluding hydrogens is 432 g/mol. The molecule has 1 aliphatic heterocycles. The Balaban J connectivity index is 1.53. The van der Waals surface area contributed by atoms with Gasteiger partial charge in [-0.25, -0.2) is 4.79 Å². The van der Waals surface area contributed by atoms with Crippen LogP contribution in [0.2, 0.25) is 0 Å². The van der Waals surface area contributed by atoms with Crippen LogP contribution in [0.5, 0.6) is 0 Å². The third-order valence-electron chi connectivity index (χ3n) is 6.93.